The van der Waals surface area contributed by atoms with E-state index in [4.69, 9.17) is 0 Å². The molecule has 0 bridgehead atoms. The van der Waals surface area contributed by atoms with Crippen molar-refractivity contribution < 1.29 is 4.79 Å². The zero-order valence-corrected chi connectivity index (χ0v) is 9.04. The van der Waals surface area contributed by atoms with Gasteiger partial charge in [-0.25, -0.2) is 0 Å². The van der Waals surface area contributed by atoms with Crippen molar-refractivity contribution >= 4 is 17.7 Å². The van der Waals surface area contributed by atoms with Crippen LogP contribution in [0.1, 0.15) is 33.6 Å². The molecule has 0 aliphatic rings. The van der Waals surface area contributed by atoms with Gasteiger partial charge in [-0.05, 0) is 6.42 Å². The lowest BCUT2D eigenvalue weighted by atomic mass is 10.3. The van der Waals surface area contributed by atoms with E-state index in [2.05, 4.69) is 19.2 Å². The number of carbonyl (C=O) groups excluding carboxylic acids is 1. The summed E-state index contributed by atoms with van der Waals surface area (Å²) < 4.78 is 0. The summed E-state index contributed by atoms with van der Waals surface area (Å²) in [6.45, 7) is 6.79. The van der Waals surface area contributed by atoms with Crippen LogP contribution in [-0.4, -0.2) is 23.5 Å². The summed E-state index contributed by atoms with van der Waals surface area (Å²) in [6, 6.07) is 0. The van der Waals surface area contributed by atoms with E-state index in [9.17, 15) is 4.79 Å². The highest BCUT2D eigenvalue weighted by Crippen LogP contribution is 2.14. The lowest BCUT2D eigenvalue weighted by Crippen LogP contribution is -2.22. The first-order chi connectivity index (χ1) is 5.66. The van der Waals surface area contributed by atoms with Gasteiger partial charge in [-0.3, -0.25) is 4.79 Å². The Kier molecular flexibility index (Phi) is 7.36. The standard InChI is InChI=1S/C9H19NOS/c1-4-5-8(2)12-7-6-10-9(3)11/h8H,4-7H2,1-3H3,(H,10,11). The molecule has 0 spiro atoms. The highest BCUT2D eigenvalue weighted by atomic mass is 32.2. The second-order valence-corrected chi connectivity index (χ2v) is 4.50. The van der Waals surface area contributed by atoms with Gasteiger partial charge in [0, 0.05) is 24.5 Å². The van der Waals surface area contributed by atoms with Crippen molar-refractivity contribution in [3.05, 3.63) is 0 Å². The zero-order chi connectivity index (χ0) is 9.40. The minimum Gasteiger partial charge on any atom is -0.356 e. The Balaban J connectivity index is 3.13. The van der Waals surface area contributed by atoms with Crippen LogP contribution in [0.5, 0.6) is 0 Å². The summed E-state index contributed by atoms with van der Waals surface area (Å²) >= 11 is 1.93. The van der Waals surface area contributed by atoms with Gasteiger partial charge in [0.2, 0.25) is 5.91 Å². The molecule has 0 aromatic carbocycles. The first-order valence-electron chi connectivity index (χ1n) is 4.52. The van der Waals surface area contributed by atoms with Gasteiger partial charge in [0.15, 0.2) is 0 Å². The quantitative estimate of drug-likeness (QED) is 0.648. The fourth-order valence-corrected chi connectivity index (χ4v) is 2.00. The smallest absolute Gasteiger partial charge is 0.216 e. The summed E-state index contributed by atoms with van der Waals surface area (Å²) in [5.74, 6) is 1.10. The molecular formula is C9H19NOS. The lowest BCUT2D eigenvalue weighted by Gasteiger charge is -2.09. The second kappa shape index (κ2) is 7.47. The Morgan fingerprint density at radius 2 is 2.25 bits per heavy atom. The molecule has 0 saturated heterocycles. The average molecular weight is 189 g/mol. The minimum absolute atomic E-state index is 0.0683. The fourth-order valence-electron chi connectivity index (χ4n) is 0.977. The maximum Gasteiger partial charge on any atom is 0.216 e. The van der Waals surface area contributed by atoms with Crippen LogP contribution in [0, 0.1) is 0 Å². The third-order valence-electron chi connectivity index (χ3n) is 1.57. The molecule has 0 aliphatic carbocycles. The molecule has 1 unspecified atom stereocenters. The Bertz CT molecular complexity index is 128. The summed E-state index contributed by atoms with van der Waals surface area (Å²) in [5, 5.41) is 3.51. The van der Waals surface area contributed by atoms with E-state index >= 15 is 0 Å². The van der Waals surface area contributed by atoms with Gasteiger partial charge in [-0.15, -0.1) is 0 Å². The third-order valence-corrected chi connectivity index (χ3v) is 2.82. The highest BCUT2D eigenvalue weighted by molar-refractivity contribution is 7.99. The SMILES string of the molecule is CCCC(C)SCCNC(C)=O. The van der Waals surface area contributed by atoms with Crippen molar-refractivity contribution in [2.24, 2.45) is 0 Å². The molecule has 72 valence electrons. The topological polar surface area (TPSA) is 29.1 Å². The fraction of sp³-hybridized carbons (Fsp3) is 0.889. The Morgan fingerprint density at radius 1 is 1.58 bits per heavy atom. The molecule has 1 amide bonds. The molecule has 1 atom stereocenters. The Morgan fingerprint density at radius 3 is 2.75 bits per heavy atom. The molecule has 2 nitrogen and oxygen atoms in total. The number of carbonyl (C=O) groups is 1. The molecule has 3 heteroatoms. The van der Waals surface area contributed by atoms with Crippen molar-refractivity contribution in [1.29, 1.82) is 0 Å². The van der Waals surface area contributed by atoms with Crippen LogP contribution in [0.25, 0.3) is 0 Å². The largest absolute Gasteiger partial charge is 0.356 e. The van der Waals surface area contributed by atoms with Crippen molar-refractivity contribution in [2.75, 3.05) is 12.3 Å². The van der Waals surface area contributed by atoms with E-state index in [-0.39, 0.29) is 5.91 Å². The van der Waals surface area contributed by atoms with E-state index in [1.807, 2.05) is 11.8 Å². The maximum absolute atomic E-state index is 10.5. The van der Waals surface area contributed by atoms with Crippen LogP contribution >= 0.6 is 11.8 Å². The van der Waals surface area contributed by atoms with Crippen LogP contribution < -0.4 is 5.32 Å². The van der Waals surface area contributed by atoms with Crippen molar-refractivity contribution in [3.8, 4) is 0 Å². The van der Waals surface area contributed by atoms with Crippen LogP contribution in [0.15, 0.2) is 0 Å². The summed E-state index contributed by atoms with van der Waals surface area (Å²) in [7, 11) is 0. The predicted molar refractivity (Wildman–Crippen MR) is 55.5 cm³/mol. The molecule has 0 aliphatic heterocycles. The van der Waals surface area contributed by atoms with Gasteiger partial charge in [0.25, 0.3) is 0 Å². The first-order valence-corrected chi connectivity index (χ1v) is 5.57. The van der Waals surface area contributed by atoms with Gasteiger partial charge in [-0.1, -0.05) is 20.3 Å². The van der Waals surface area contributed by atoms with E-state index in [1.165, 1.54) is 12.8 Å². The van der Waals surface area contributed by atoms with E-state index in [0.29, 0.717) is 0 Å². The minimum atomic E-state index is 0.0683. The monoisotopic (exact) mass is 189 g/mol. The molecule has 0 fully saturated rings. The van der Waals surface area contributed by atoms with E-state index < -0.39 is 0 Å². The lowest BCUT2D eigenvalue weighted by molar-refractivity contribution is -0.118. The number of nitrogens with one attached hydrogen (secondary N) is 1. The number of hydrogen-bond donors (Lipinski definition) is 1. The third kappa shape index (κ3) is 7.92. The van der Waals surface area contributed by atoms with Crippen molar-refractivity contribution in [1.82, 2.24) is 5.32 Å². The van der Waals surface area contributed by atoms with Crippen molar-refractivity contribution in [2.45, 2.75) is 38.9 Å². The molecule has 0 aromatic rings. The van der Waals surface area contributed by atoms with Crippen molar-refractivity contribution in [3.63, 3.8) is 0 Å². The van der Waals surface area contributed by atoms with Crippen LogP contribution in [-0.2, 0) is 4.79 Å². The van der Waals surface area contributed by atoms with Crippen LogP contribution in [0.2, 0.25) is 0 Å². The normalized spacial score (nSPS) is 12.6. The molecule has 0 rings (SSSR count). The summed E-state index contributed by atoms with van der Waals surface area (Å²) in [5.41, 5.74) is 0. The molecule has 0 heterocycles. The Labute approximate surface area is 79.5 Å². The first kappa shape index (κ1) is 11.8. The summed E-state index contributed by atoms with van der Waals surface area (Å²) in [4.78, 5) is 10.5. The van der Waals surface area contributed by atoms with Gasteiger partial charge >= 0.3 is 0 Å². The molecule has 0 aromatic heterocycles. The van der Waals surface area contributed by atoms with E-state index in [1.54, 1.807) is 6.92 Å². The zero-order valence-electron chi connectivity index (χ0n) is 8.22. The molecule has 0 radical (unpaired) electrons. The van der Waals surface area contributed by atoms with Gasteiger partial charge in [0.1, 0.15) is 0 Å². The van der Waals surface area contributed by atoms with Gasteiger partial charge in [-0.2, -0.15) is 11.8 Å². The highest BCUT2D eigenvalue weighted by Gasteiger charge is 1.99. The molecular weight excluding hydrogens is 170 g/mol. The Hall–Kier alpha value is -0.180. The number of thioether (sulfide) groups is 1. The molecule has 12 heavy (non-hydrogen) atoms. The maximum atomic E-state index is 10.5. The molecule has 0 saturated carbocycles. The van der Waals surface area contributed by atoms with Gasteiger partial charge in [0.05, 0.1) is 0 Å². The average Bonchev–Trinajstić information content (AvgIpc) is 1.98. The molecule has 1 N–H and O–H groups in total. The van der Waals surface area contributed by atoms with Crippen LogP contribution in [0.3, 0.4) is 0 Å². The van der Waals surface area contributed by atoms with Crippen LogP contribution in [0.4, 0.5) is 0 Å². The van der Waals surface area contributed by atoms with Gasteiger partial charge < -0.3 is 5.32 Å². The predicted octanol–water partition coefficient (Wildman–Crippen LogP) is 2.04. The second-order valence-electron chi connectivity index (χ2n) is 2.95. The number of amides is 1. The number of hydrogen-bond acceptors (Lipinski definition) is 2. The van der Waals surface area contributed by atoms with E-state index in [0.717, 1.165) is 17.5 Å². The summed E-state index contributed by atoms with van der Waals surface area (Å²) in [6.07, 6.45) is 2.51. The number of rotatable bonds is 6.